The molecular weight excluding hydrogens is 282 g/mol. The van der Waals surface area contributed by atoms with Gasteiger partial charge < -0.3 is 9.67 Å². The number of nitrogens with zero attached hydrogens (tertiary/aromatic N) is 3. The molecule has 1 atom stereocenters. The second kappa shape index (κ2) is 5.53. The van der Waals surface area contributed by atoms with Gasteiger partial charge in [0.15, 0.2) is 5.03 Å². The van der Waals surface area contributed by atoms with Crippen LogP contribution < -0.4 is 0 Å². The Morgan fingerprint density at radius 2 is 2.25 bits per heavy atom. The first kappa shape index (κ1) is 15.0. The second-order valence-electron chi connectivity index (χ2n) is 5.49. The first-order chi connectivity index (χ1) is 9.30. The molecule has 1 fully saturated rings. The predicted molar refractivity (Wildman–Crippen MR) is 71.6 cm³/mol. The van der Waals surface area contributed by atoms with Gasteiger partial charge in [-0.1, -0.05) is 13.8 Å². The number of carbonyl (C=O) groups is 1. The lowest BCUT2D eigenvalue weighted by Crippen LogP contribution is -2.30. The van der Waals surface area contributed by atoms with Gasteiger partial charge in [-0.15, -0.1) is 0 Å². The van der Waals surface area contributed by atoms with E-state index in [1.165, 1.54) is 16.8 Å². The molecule has 0 saturated carbocycles. The van der Waals surface area contributed by atoms with Gasteiger partial charge in [-0.05, 0) is 12.3 Å². The lowest BCUT2D eigenvalue weighted by atomic mass is 10.1. The second-order valence-corrected chi connectivity index (χ2v) is 7.37. The van der Waals surface area contributed by atoms with E-state index in [1.54, 1.807) is 4.57 Å². The Morgan fingerprint density at radius 1 is 1.55 bits per heavy atom. The van der Waals surface area contributed by atoms with Crippen LogP contribution in [0.1, 0.15) is 20.3 Å². The predicted octanol–water partition coefficient (Wildman–Crippen LogP) is 0.634. The molecule has 0 radical (unpaired) electrons. The summed E-state index contributed by atoms with van der Waals surface area (Å²) in [5.41, 5.74) is 0. The fraction of sp³-hybridized carbons (Fsp3) is 0.667. The summed E-state index contributed by atoms with van der Waals surface area (Å²) >= 11 is 0. The summed E-state index contributed by atoms with van der Waals surface area (Å²) < 4.78 is 27.7. The highest BCUT2D eigenvalue weighted by Gasteiger charge is 2.36. The van der Waals surface area contributed by atoms with Crippen molar-refractivity contribution in [3.63, 3.8) is 0 Å². The van der Waals surface area contributed by atoms with E-state index in [1.807, 2.05) is 13.8 Å². The molecule has 112 valence electrons. The number of sulfonamides is 1. The molecule has 0 aliphatic carbocycles. The molecule has 0 bridgehead atoms. The maximum Gasteiger partial charge on any atom is 0.307 e. The van der Waals surface area contributed by atoms with Crippen molar-refractivity contribution in [2.75, 3.05) is 13.1 Å². The molecule has 1 aliphatic heterocycles. The number of aliphatic carboxylic acids is 1. The standard InChI is InChI=1S/C12H19N3O4S/c1-9(2)5-14-7-11(13-8-14)20(18,19)15-4-3-10(6-15)12(16)17/h7-10H,3-6H2,1-2H3,(H,16,17). The largest absolute Gasteiger partial charge is 0.481 e. The van der Waals surface area contributed by atoms with E-state index in [0.717, 1.165) is 0 Å². The number of carboxylic acids is 1. The first-order valence-electron chi connectivity index (χ1n) is 6.55. The van der Waals surface area contributed by atoms with Gasteiger partial charge >= 0.3 is 5.97 Å². The number of imidazole rings is 1. The average molecular weight is 301 g/mol. The van der Waals surface area contributed by atoms with Gasteiger partial charge in [0.2, 0.25) is 0 Å². The van der Waals surface area contributed by atoms with Crippen molar-refractivity contribution >= 4 is 16.0 Å². The van der Waals surface area contributed by atoms with E-state index in [4.69, 9.17) is 5.11 Å². The maximum atomic E-state index is 12.4. The van der Waals surface area contributed by atoms with Crippen molar-refractivity contribution < 1.29 is 18.3 Å². The van der Waals surface area contributed by atoms with Crippen molar-refractivity contribution in [2.24, 2.45) is 11.8 Å². The van der Waals surface area contributed by atoms with E-state index in [2.05, 4.69) is 4.98 Å². The Bertz CT molecular complexity index is 594. The van der Waals surface area contributed by atoms with Crippen LogP contribution in [0, 0.1) is 11.8 Å². The number of hydrogen-bond donors (Lipinski definition) is 1. The molecule has 0 spiro atoms. The van der Waals surface area contributed by atoms with E-state index in [9.17, 15) is 13.2 Å². The molecule has 0 amide bonds. The van der Waals surface area contributed by atoms with E-state index in [-0.39, 0.29) is 18.1 Å². The van der Waals surface area contributed by atoms with E-state index in [0.29, 0.717) is 18.9 Å². The fourth-order valence-electron chi connectivity index (χ4n) is 2.27. The van der Waals surface area contributed by atoms with Gasteiger partial charge in [-0.2, -0.15) is 4.31 Å². The highest BCUT2D eigenvalue weighted by atomic mass is 32.2. The fourth-order valence-corrected chi connectivity index (χ4v) is 3.71. The van der Waals surface area contributed by atoms with Crippen molar-refractivity contribution in [1.82, 2.24) is 13.9 Å². The maximum absolute atomic E-state index is 12.4. The van der Waals surface area contributed by atoms with Crippen LogP contribution in [0.15, 0.2) is 17.6 Å². The number of rotatable bonds is 5. The lowest BCUT2D eigenvalue weighted by molar-refractivity contribution is -0.141. The molecule has 2 heterocycles. The molecule has 20 heavy (non-hydrogen) atoms. The van der Waals surface area contributed by atoms with Crippen LogP contribution in [0.3, 0.4) is 0 Å². The van der Waals surface area contributed by atoms with Gasteiger partial charge in [-0.25, -0.2) is 13.4 Å². The highest BCUT2D eigenvalue weighted by Crippen LogP contribution is 2.23. The topological polar surface area (TPSA) is 92.5 Å². The minimum absolute atomic E-state index is 0.0100. The zero-order valence-electron chi connectivity index (χ0n) is 11.6. The molecule has 1 unspecified atom stereocenters. The van der Waals surface area contributed by atoms with Crippen LogP contribution >= 0.6 is 0 Å². The summed E-state index contributed by atoms with van der Waals surface area (Å²) in [7, 11) is -3.68. The summed E-state index contributed by atoms with van der Waals surface area (Å²) in [6.45, 7) is 5.02. The Balaban J connectivity index is 2.15. The van der Waals surface area contributed by atoms with Gasteiger partial charge in [0.25, 0.3) is 10.0 Å². The molecule has 1 aliphatic rings. The smallest absolute Gasteiger partial charge is 0.307 e. The summed E-state index contributed by atoms with van der Waals surface area (Å²) in [4.78, 5) is 14.8. The molecule has 8 heteroatoms. The normalized spacial score (nSPS) is 20.6. The average Bonchev–Trinajstić information content (AvgIpc) is 2.95. The Kier molecular flexibility index (Phi) is 4.14. The molecule has 0 aromatic carbocycles. The number of carboxylic acid groups (broad SMARTS) is 1. The quantitative estimate of drug-likeness (QED) is 0.861. The van der Waals surface area contributed by atoms with Crippen molar-refractivity contribution in [3.05, 3.63) is 12.5 Å². The lowest BCUT2D eigenvalue weighted by Gasteiger charge is -2.13. The molecular formula is C12H19N3O4S. The summed E-state index contributed by atoms with van der Waals surface area (Å²) in [5.74, 6) is -1.18. The summed E-state index contributed by atoms with van der Waals surface area (Å²) in [5, 5.41) is 8.92. The van der Waals surface area contributed by atoms with Gasteiger partial charge in [0.05, 0.1) is 12.2 Å². The SMILES string of the molecule is CC(C)Cn1cnc(S(=O)(=O)N2CCC(C(=O)O)C2)c1. The summed E-state index contributed by atoms with van der Waals surface area (Å²) in [6.07, 6.45) is 3.35. The van der Waals surface area contributed by atoms with Gasteiger partial charge in [0, 0.05) is 25.8 Å². The summed E-state index contributed by atoms with van der Waals surface area (Å²) in [6, 6.07) is 0. The Hall–Kier alpha value is -1.41. The molecule has 2 rings (SSSR count). The van der Waals surface area contributed by atoms with Crippen LogP contribution in [0.4, 0.5) is 0 Å². The molecule has 1 N–H and O–H groups in total. The third-order valence-electron chi connectivity index (χ3n) is 3.29. The van der Waals surface area contributed by atoms with E-state index < -0.39 is 21.9 Å². The van der Waals surface area contributed by atoms with Gasteiger partial charge in [0.1, 0.15) is 0 Å². The van der Waals surface area contributed by atoms with E-state index >= 15 is 0 Å². The monoisotopic (exact) mass is 301 g/mol. The van der Waals surface area contributed by atoms with Crippen LogP contribution in [-0.4, -0.2) is 46.4 Å². The van der Waals surface area contributed by atoms with Crippen LogP contribution in [0.25, 0.3) is 0 Å². The van der Waals surface area contributed by atoms with Crippen molar-refractivity contribution in [3.8, 4) is 0 Å². The Labute approximate surface area is 118 Å². The Morgan fingerprint density at radius 3 is 2.80 bits per heavy atom. The zero-order valence-corrected chi connectivity index (χ0v) is 12.4. The molecule has 7 nitrogen and oxygen atoms in total. The third-order valence-corrected chi connectivity index (χ3v) is 5.04. The number of aromatic nitrogens is 2. The van der Waals surface area contributed by atoms with Crippen LogP contribution in [0.2, 0.25) is 0 Å². The molecule has 1 aromatic rings. The third kappa shape index (κ3) is 3.01. The molecule has 1 saturated heterocycles. The first-order valence-corrected chi connectivity index (χ1v) is 7.99. The van der Waals surface area contributed by atoms with Gasteiger partial charge in [-0.3, -0.25) is 4.79 Å². The highest BCUT2D eigenvalue weighted by molar-refractivity contribution is 7.89. The number of hydrogen-bond acceptors (Lipinski definition) is 4. The van der Waals surface area contributed by atoms with Crippen molar-refractivity contribution in [1.29, 1.82) is 0 Å². The van der Waals surface area contributed by atoms with Crippen molar-refractivity contribution in [2.45, 2.75) is 31.8 Å². The minimum atomic E-state index is -3.68. The van der Waals surface area contributed by atoms with Crippen LogP contribution in [0.5, 0.6) is 0 Å². The zero-order chi connectivity index (χ0) is 14.9. The minimum Gasteiger partial charge on any atom is -0.481 e. The van der Waals surface area contributed by atoms with Crippen LogP contribution in [-0.2, 0) is 21.4 Å². The molecule has 1 aromatic heterocycles.